The lowest BCUT2D eigenvalue weighted by Gasteiger charge is -2.06. The van der Waals surface area contributed by atoms with Crippen LogP contribution < -0.4 is 5.73 Å². The standard InChI is InChI=1S/C10H12BrN/c1-6-4-7-2-3-10(12)8(7)5-9(6)11/h4-5,10H,2-3,12H2,1H3/t10-/m1/s1. The second-order valence-electron chi connectivity index (χ2n) is 3.45. The molecule has 0 amide bonds. The molecule has 2 rings (SSSR count). The van der Waals surface area contributed by atoms with E-state index in [-0.39, 0.29) is 6.04 Å². The fourth-order valence-corrected chi connectivity index (χ4v) is 2.15. The van der Waals surface area contributed by atoms with Crippen molar-refractivity contribution in [3.8, 4) is 0 Å². The summed E-state index contributed by atoms with van der Waals surface area (Å²) in [4.78, 5) is 0. The van der Waals surface area contributed by atoms with Crippen LogP contribution in [0.15, 0.2) is 16.6 Å². The van der Waals surface area contributed by atoms with Crippen LogP contribution in [0.2, 0.25) is 0 Å². The molecule has 2 heteroatoms. The Morgan fingerprint density at radius 2 is 2.25 bits per heavy atom. The van der Waals surface area contributed by atoms with Gasteiger partial charge in [0.15, 0.2) is 0 Å². The lowest BCUT2D eigenvalue weighted by atomic mass is 10.1. The van der Waals surface area contributed by atoms with Crippen LogP contribution in [-0.4, -0.2) is 0 Å². The molecule has 1 aromatic carbocycles. The van der Waals surface area contributed by atoms with Crippen molar-refractivity contribution in [3.63, 3.8) is 0 Å². The minimum atomic E-state index is 0.261. The van der Waals surface area contributed by atoms with Crippen molar-refractivity contribution in [2.45, 2.75) is 25.8 Å². The van der Waals surface area contributed by atoms with Gasteiger partial charge >= 0.3 is 0 Å². The van der Waals surface area contributed by atoms with Crippen LogP contribution in [0.1, 0.15) is 29.2 Å². The van der Waals surface area contributed by atoms with Gasteiger partial charge in [-0.25, -0.2) is 0 Å². The van der Waals surface area contributed by atoms with E-state index in [4.69, 9.17) is 5.73 Å². The molecule has 0 bridgehead atoms. The number of rotatable bonds is 0. The molecule has 1 aliphatic rings. The summed E-state index contributed by atoms with van der Waals surface area (Å²) in [6.45, 7) is 2.12. The van der Waals surface area contributed by atoms with Crippen LogP contribution in [-0.2, 0) is 6.42 Å². The molecule has 0 saturated carbocycles. The first kappa shape index (κ1) is 8.27. The molecule has 0 heterocycles. The molecule has 1 nitrogen and oxygen atoms in total. The Bertz CT molecular complexity index is 320. The van der Waals surface area contributed by atoms with Crippen molar-refractivity contribution in [1.29, 1.82) is 0 Å². The molecule has 2 N–H and O–H groups in total. The summed E-state index contributed by atoms with van der Waals surface area (Å²) in [5.74, 6) is 0. The van der Waals surface area contributed by atoms with Crippen molar-refractivity contribution in [2.24, 2.45) is 5.73 Å². The van der Waals surface area contributed by atoms with Gasteiger partial charge in [0.05, 0.1) is 0 Å². The van der Waals surface area contributed by atoms with E-state index in [9.17, 15) is 0 Å². The molecule has 64 valence electrons. The van der Waals surface area contributed by atoms with Gasteiger partial charge < -0.3 is 5.73 Å². The minimum absolute atomic E-state index is 0.261. The van der Waals surface area contributed by atoms with Gasteiger partial charge in [0.2, 0.25) is 0 Å². The zero-order valence-corrected chi connectivity index (χ0v) is 8.69. The van der Waals surface area contributed by atoms with Crippen molar-refractivity contribution in [3.05, 3.63) is 33.3 Å². The second-order valence-corrected chi connectivity index (χ2v) is 4.30. The van der Waals surface area contributed by atoms with Gasteiger partial charge in [-0.05, 0) is 42.5 Å². The zero-order valence-electron chi connectivity index (χ0n) is 7.10. The fourth-order valence-electron chi connectivity index (χ4n) is 1.78. The largest absolute Gasteiger partial charge is 0.324 e. The molecule has 1 atom stereocenters. The summed E-state index contributed by atoms with van der Waals surface area (Å²) >= 11 is 3.52. The molecule has 0 radical (unpaired) electrons. The number of benzene rings is 1. The molecule has 0 aliphatic heterocycles. The normalized spacial score (nSPS) is 21.1. The number of fused-ring (bicyclic) bond motifs is 1. The number of hydrogen-bond acceptors (Lipinski definition) is 1. The van der Waals surface area contributed by atoms with E-state index in [0.717, 1.165) is 12.8 Å². The Kier molecular flexibility index (Phi) is 1.97. The quantitative estimate of drug-likeness (QED) is 0.723. The summed E-state index contributed by atoms with van der Waals surface area (Å²) in [7, 11) is 0. The Labute approximate surface area is 81.1 Å². The predicted octanol–water partition coefficient (Wildman–Crippen LogP) is 2.70. The van der Waals surface area contributed by atoms with Gasteiger partial charge in [0.25, 0.3) is 0 Å². The molecule has 0 aromatic heterocycles. The number of halogens is 1. The molecule has 0 saturated heterocycles. The van der Waals surface area contributed by atoms with Crippen molar-refractivity contribution >= 4 is 15.9 Å². The third-order valence-electron chi connectivity index (χ3n) is 2.54. The second kappa shape index (κ2) is 2.86. The molecule has 0 unspecified atom stereocenters. The van der Waals surface area contributed by atoms with Crippen LogP contribution in [0.3, 0.4) is 0 Å². The molecule has 0 spiro atoms. The zero-order chi connectivity index (χ0) is 8.72. The summed E-state index contributed by atoms with van der Waals surface area (Å²) in [6.07, 6.45) is 2.25. The summed E-state index contributed by atoms with van der Waals surface area (Å²) in [5, 5.41) is 0. The van der Waals surface area contributed by atoms with Gasteiger partial charge in [0.1, 0.15) is 0 Å². The molecule has 0 fully saturated rings. The molecular formula is C10H12BrN. The maximum absolute atomic E-state index is 5.94. The Hall–Kier alpha value is -0.340. The topological polar surface area (TPSA) is 26.0 Å². The third-order valence-corrected chi connectivity index (χ3v) is 3.40. The van der Waals surface area contributed by atoms with E-state index in [2.05, 4.69) is 35.0 Å². The van der Waals surface area contributed by atoms with E-state index >= 15 is 0 Å². The highest BCUT2D eigenvalue weighted by molar-refractivity contribution is 9.10. The van der Waals surface area contributed by atoms with Crippen molar-refractivity contribution in [2.75, 3.05) is 0 Å². The van der Waals surface area contributed by atoms with Crippen LogP contribution in [0.5, 0.6) is 0 Å². The average Bonchev–Trinajstić information content (AvgIpc) is 2.35. The average molecular weight is 226 g/mol. The number of hydrogen-bond donors (Lipinski definition) is 1. The lowest BCUT2D eigenvalue weighted by Crippen LogP contribution is -2.05. The van der Waals surface area contributed by atoms with E-state index in [0.29, 0.717) is 0 Å². The first-order valence-corrected chi connectivity index (χ1v) is 5.02. The molecule has 12 heavy (non-hydrogen) atoms. The molecular weight excluding hydrogens is 214 g/mol. The maximum atomic E-state index is 5.94. The van der Waals surface area contributed by atoms with E-state index in [1.54, 1.807) is 0 Å². The van der Waals surface area contributed by atoms with Crippen LogP contribution in [0.4, 0.5) is 0 Å². The van der Waals surface area contributed by atoms with Crippen molar-refractivity contribution in [1.82, 2.24) is 0 Å². The van der Waals surface area contributed by atoms with Gasteiger partial charge in [-0.3, -0.25) is 0 Å². The highest BCUT2D eigenvalue weighted by atomic mass is 79.9. The smallest absolute Gasteiger partial charge is 0.0301 e. The monoisotopic (exact) mass is 225 g/mol. The van der Waals surface area contributed by atoms with Crippen molar-refractivity contribution < 1.29 is 0 Å². The van der Waals surface area contributed by atoms with Crippen LogP contribution >= 0.6 is 15.9 Å². The van der Waals surface area contributed by atoms with E-state index in [1.807, 2.05) is 0 Å². The third kappa shape index (κ3) is 1.19. The van der Waals surface area contributed by atoms with Gasteiger partial charge in [0, 0.05) is 10.5 Å². The van der Waals surface area contributed by atoms with Gasteiger partial charge in [-0.2, -0.15) is 0 Å². The first-order valence-electron chi connectivity index (χ1n) is 4.23. The maximum Gasteiger partial charge on any atom is 0.0301 e. The van der Waals surface area contributed by atoms with Crippen LogP contribution in [0, 0.1) is 6.92 Å². The Balaban J connectivity index is 2.56. The Morgan fingerprint density at radius 3 is 3.00 bits per heavy atom. The number of nitrogens with two attached hydrogens (primary N) is 1. The highest BCUT2D eigenvalue weighted by Gasteiger charge is 2.19. The summed E-state index contributed by atoms with van der Waals surface area (Å²) < 4.78 is 1.18. The molecule has 1 aromatic rings. The van der Waals surface area contributed by atoms with Gasteiger partial charge in [-0.15, -0.1) is 0 Å². The summed E-state index contributed by atoms with van der Waals surface area (Å²) in [5.41, 5.74) is 10.0. The SMILES string of the molecule is Cc1cc2c(cc1Br)[C@H](N)CC2. The minimum Gasteiger partial charge on any atom is -0.324 e. The summed E-state index contributed by atoms with van der Waals surface area (Å²) in [6, 6.07) is 4.67. The first-order chi connectivity index (χ1) is 5.68. The van der Waals surface area contributed by atoms with Gasteiger partial charge in [-0.1, -0.05) is 22.0 Å². The van der Waals surface area contributed by atoms with E-state index in [1.165, 1.54) is 21.2 Å². The fraction of sp³-hybridized carbons (Fsp3) is 0.400. The lowest BCUT2D eigenvalue weighted by molar-refractivity contribution is 0.713. The Morgan fingerprint density at radius 1 is 1.50 bits per heavy atom. The predicted molar refractivity (Wildman–Crippen MR) is 54.1 cm³/mol. The molecule has 1 aliphatic carbocycles. The number of aryl methyl sites for hydroxylation is 2. The highest BCUT2D eigenvalue weighted by Crippen LogP contribution is 2.33. The van der Waals surface area contributed by atoms with E-state index < -0.39 is 0 Å². The van der Waals surface area contributed by atoms with Crippen LogP contribution in [0.25, 0.3) is 0 Å².